The van der Waals surface area contributed by atoms with E-state index >= 15 is 0 Å². The molecule has 14 heavy (non-hydrogen) atoms. The summed E-state index contributed by atoms with van der Waals surface area (Å²) < 4.78 is 25.7. The Morgan fingerprint density at radius 1 is 1.43 bits per heavy atom. The van der Waals surface area contributed by atoms with E-state index in [9.17, 15) is 13.6 Å². The lowest BCUT2D eigenvalue weighted by molar-refractivity contribution is -0.144. The molecule has 0 aliphatic heterocycles. The standard InChI is InChI=1S/C9H17F2NO2/c1-3-7(4-2)12-6-9(10,11)5-8(13)14/h7,12H,3-6H2,1-2H3,(H,13,14). The van der Waals surface area contributed by atoms with Gasteiger partial charge >= 0.3 is 5.97 Å². The Kier molecular flexibility index (Phi) is 5.60. The summed E-state index contributed by atoms with van der Waals surface area (Å²) in [6.45, 7) is 3.23. The zero-order valence-electron chi connectivity index (χ0n) is 8.52. The zero-order chi connectivity index (χ0) is 11.2. The summed E-state index contributed by atoms with van der Waals surface area (Å²) in [6, 6.07) is 0.0367. The van der Waals surface area contributed by atoms with Crippen LogP contribution in [0.3, 0.4) is 0 Å². The predicted molar refractivity (Wildman–Crippen MR) is 49.6 cm³/mol. The highest BCUT2D eigenvalue weighted by molar-refractivity contribution is 5.67. The van der Waals surface area contributed by atoms with Gasteiger partial charge < -0.3 is 10.4 Å². The van der Waals surface area contributed by atoms with Crippen LogP contribution >= 0.6 is 0 Å². The minimum atomic E-state index is -3.16. The first-order valence-corrected chi connectivity index (χ1v) is 4.74. The maximum Gasteiger partial charge on any atom is 0.309 e. The molecular weight excluding hydrogens is 192 g/mol. The van der Waals surface area contributed by atoms with E-state index in [1.54, 1.807) is 0 Å². The van der Waals surface area contributed by atoms with Crippen LogP contribution in [0.4, 0.5) is 8.78 Å². The number of carboxylic acid groups (broad SMARTS) is 1. The highest BCUT2D eigenvalue weighted by atomic mass is 19.3. The maximum atomic E-state index is 12.9. The van der Waals surface area contributed by atoms with E-state index in [-0.39, 0.29) is 6.04 Å². The second kappa shape index (κ2) is 5.90. The summed E-state index contributed by atoms with van der Waals surface area (Å²) >= 11 is 0. The molecule has 0 saturated carbocycles. The summed E-state index contributed by atoms with van der Waals surface area (Å²) in [5.74, 6) is -4.63. The van der Waals surface area contributed by atoms with Gasteiger partial charge in [0, 0.05) is 6.04 Å². The van der Waals surface area contributed by atoms with Crippen molar-refractivity contribution in [2.45, 2.75) is 45.1 Å². The van der Waals surface area contributed by atoms with Crippen LogP contribution in [-0.4, -0.2) is 29.6 Å². The largest absolute Gasteiger partial charge is 0.481 e. The van der Waals surface area contributed by atoms with Crippen molar-refractivity contribution in [3.8, 4) is 0 Å². The van der Waals surface area contributed by atoms with Gasteiger partial charge in [-0.05, 0) is 12.8 Å². The van der Waals surface area contributed by atoms with E-state index in [0.717, 1.165) is 12.8 Å². The number of halogens is 2. The summed E-state index contributed by atoms with van der Waals surface area (Å²) in [7, 11) is 0. The van der Waals surface area contributed by atoms with Crippen molar-refractivity contribution in [1.29, 1.82) is 0 Å². The molecule has 0 aliphatic carbocycles. The lowest BCUT2D eigenvalue weighted by Gasteiger charge is -2.19. The minimum absolute atomic E-state index is 0.0367. The molecule has 0 spiro atoms. The van der Waals surface area contributed by atoms with Gasteiger partial charge in [-0.1, -0.05) is 13.8 Å². The number of aliphatic carboxylic acids is 1. The van der Waals surface area contributed by atoms with Crippen molar-refractivity contribution in [3.63, 3.8) is 0 Å². The Hall–Kier alpha value is -0.710. The third-order valence-electron chi connectivity index (χ3n) is 2.04. The third-order valence-corrected chi connectivity index (χ3v) is 2.04. The quantitative estimate of drug-likeness (QED) is 0.673. The molecule has 0 fully saturated rings. The first-order valence-electron chi connectivity index (χ1n) is 4.74. The van der Waals surface area contributed by atoms with Crippen LogP contribution in [0.5, 0.6) is 0 Å². The first-order chi connectivity index (χ1) is 6.41. The SMILES string of the molecule is CCC(CC)NCC(F)(F)CC(=O)O. The van der Waals surface area contributed by atoms with Gasteiger partial charge in [0.15, 0.2) is 0 Å². The van der Waals surface area contributed by atoms with E-state index in [4.69, 9.17) is 5.11 Å². The van der Waals surface area contributed by atoms with Gasteiger partial charge in [-0.25, -0.2) is 8.78 Å². The first kappa shape index (κ1) is 13.3. The van der Waals surface area contributed by atoms with Crippen LogP contribution in [0.1, 0.15) is 33.1 Å². The molecule has 0 aromatic carbocycles. The molecule has 0 bridgehead atoms. The highest BCUT2D eigenvalue weighted by Crippen LogP contribution is 2.17. The molecule has 2 N–H and O–H groups in total. The molecule has 0 radical (unpaired) electrons. The number of carboxylic acids is 1. The Morgan fingerprint density at radius 2 is 1.93 bits per heavy atom. The van der Waals surface area contributed by atoms with Crippen LogP contribution in [0.2, 0.25) is 0 Å². The van der Waals surface area contributed by atoms with Gasteiger partial charge in [0.1, 0.15) is 6.42 Å². The number of hydrogen-bond donors (Lipinski definition) is 2. The topological polar surface area (TPSA) is 49.3 Å². The van der Waals surface area contributed by atoms with E-state index in [0.29, 0.717) is 0 Å². The second-order valence-electron chi connectivity index (χ2n) is 3.32. The highest BCUT2D eigenvalue weighted by Gasteiger charge is 2.32. The normalized spacial score (nSPS) is 12.1. The van der Waals surface area contributed by atoms with E-state index < -0.39 is 24.9 Å². The fourth-order valence-corrected chi connectivity index (χ4v) is 1.15. The van der Waals surface area contributed by atoms with Crippen molar-refractivity contribution >= 4 is 5.97 Å². The lowest BCUT2D eigenvalue weighted by atomic mass is 10.1. The molecule has 0 saturated heterocycles. The molecule has 0 atom stereocenters. The molecule has 0 aromatic rings. The van der Waals surface area contributed by atoms with E-state index in [2.05, 4.69) is 5.32 Å². The Bertz CT molecular complexity index is 182. The number of alkyl halides is 2. The average molecular weight is 209 g/mol. The molecule has 84 valence electrons. The Balaban J connectivity index is 3.90. The number of carbonyl (C=O) groups is 1. The smallest absolute Gasteiger partial charge is 0.309 e. The molecule has 0 amide bonds. The van der Waals surface area contributed by atoms with Crippen LogP contribution in [0.25, 0.3) is 0 Å². The second-order valence-corrected chi connectivity index (χ2v) is 3.32. The van der Waals surface area contributed by atoms with E-state index in [1.165, 1.54) is 0 Å². The van der Waals surface area contributed by atoms with Crippen LogP contribution in [0.15, 0.2) is 0 Å². The molecule has 3 nitrogen and oxygen atoms in total. The van der Waals surface area contributed by atoms with Crippen LogP contribution in [0, 0.1) is 0 Å². The molecule has 0 heterocycles. The number of nitrogens with one attached hydrogen (secondary N) is 1. The van der Waals surface area contributed by atoms with Crippen LogP contribution < -0.4 is 5.32 Å². The van der Waals surface area contributed by atoms with Gasteiger partial charge in [0.25, 0.3) is 5.92 Å². The summed E-state index contributed by atoms with van der Waals surface area (Å²) in [5.41, 5.74) is 0. The van der Waals surface area contributed by atoms with Crippen molar-refractivity contribution in [3.05, 3.63) is 0 Å². The van der Waals surface area contributed by atoms with Gasteiger partial charge in [0.2, 0.25) is 0 Å². The molecule has 0 unspecified atom stereocenters. The Morgan fingerprint density at radius 3 is 2.29 bits per heavy atom. The molecule has 0 aromatic heterocycles. The zero-order valence-corrected chi connectivity index (χ0v) is 8.52. The Labute approximate surface area is 82.5 Å². The molecule has 5 heteroatoms. The van der Waals surface area contributed by atoms with Crippen molar-refractivity contribution in [2.75, 3.05) is 6.54 Å². The number of rotatable bonds is 7. The summed E-state index contributed by atoms with van der Waals surface area (Å²) in [6.07, 6.45) is 0.416. The molecule has 0 rings (SSSR count). The van der Waals surface area contributed by atoms with Crippen molar-refractivity contribution in [2.24, 2.45) is 0 Å². The molecule has 0 aliphatic rings. The third kappa shape index (κ3) is 5.85. The number of hydrogen-bond acceptors (Lipinski definition) is 2. The van der Waals surface area contributed by atoms with Crippen LogP contribution in [-0.2, 0) is 4.79 Å². The fourth-order valence-electron chi connectivity index (χ4n) is 1.15. The monoisotopic (exact) mass is 209 g/mol. The van der Waals surface area contributed by atoms with E-state index in [1.807, 2.05) is 13.8 Å². The van der Waals surface area contributed by atoms with Gasteiger partial charge in [0.05, 0.1) is 6.54 Å². The minimum Gasteiger partial charge on any atom is -0.481 e. The van der Waals surface area contributed by atoms with Gasteiger partial charge in [-0.15, -0.1) is 0 Å². The molecular formula is C9H17F2NO2. The fraction of sp³-hybridized carbons (Fsp3) is 0.889. The van der Waals surface area contributed by atoms with Crippen molar-refractivity contribution in [1.82, 2.24) is 5.32 Å². The summed E-state index contributed by atoms with van der Waals surface area (Å²) in [5, 5.41) is 10.9. The van der Waals surface area contributed by atoms with Gasteiger partial charge in [-0.3, -0.25) is 4.79 Å². The lowest BCUT2D eigenvalue weighted by Crippen LogP contribution is -2.39. The predicted octanol–water partition coefficient (Wildman–Crippen LogP) is 1.87. The maximum absolute atomic E-state index is 12.9. The average Bonchev–Trinajstić information content (AvgIpc) is 2.03. The van der Waals surface area contributed by atoms with Crippen molar-refractivity contribution < 1.29 is 18.7 Å². The van der Waals surface area contributed by atoms with Gasteiger partial charge in [-0.2, -0.15) is 0 Å². The summed E-state index contributed by atoms with van der Waals surface area (Å²) in [4.78, 5) is 10.1.